The first-order chi connectivity index (χ1) is 16.3. The van der Waals surface area contributed by atoms with E-state index in [9.17, 15) is 18.0 Å². The van der Waals surface area contributed by atoms with Crippen LogP contribution in [0.4, 0.5) is 18.9 Å². The molecule has 0 spiro atoms. The number of halogens is 3. The number of rotatable bonds is 8. The number of nitrogens with one attached hydrogen (secondary N) is 1. The number of hydrogen-bond acceptors (Lipinski definition) is 7. The Morgan fingerprint density at radius 2 is 1.79 bits per heavy atom. The van der Waals surface area contributed by atoms with E-state index in [1.165, 1.54) is 28.0 Å². The van der Waals surface area contributed by atoms with Crippen molar-refractivity contribution in [3.63, 3.8) is 0 Å². The van der Waals surface area contributed by atoms with Gasteiger partial charge in [-0.3, -0.25) is 4.79 Å². The Morgan fingerprint density at radius 1 is 1.06 bits per heavy atom. The number of ether oxygens (including phenoxy) is 2. The van der Waals surface area contributed by atoms with Crippen molar-refractivity contribution >= 4 is 22.0 Å². The van der Waals surface area contributed by atoms with E-state index in [4.69, 9.17) is 9.47 Å². The van der Waals surface area contributed by atoms with Crippen molar-refractivity contribution in [1.82, 2.24) is 14.6 Å². The Hall–Kier alpha value is -3.60. The van der Waals surface area contributed by atoms with E-state index in [0.29, 0.717) is 35.2 Å². The van der Waals surface area contributed by atoms with Crippen molar-refractivity contribution in [2.24, 2.45) is 0 Å². The van der Waals surface area contributed by atoms with Gasteiger partial charge < -0.3 is 14.8 Å². The van der Waals surface area contributed by atoms with Crippen molar-refractivity contribution in [1.29, 1.82) is 0 Å². The maximum Gasteiger partial charge on any atom is 0.416 e. The van der Waals surface area contributed by atoms with E-state index in [2.05, 4.69) is 15.4 Å². The van der Waals surface area contributed by atoms with Gasteiger partial charge in [0.25, 0.3) is 5.56 Å². The average molecular weight is 491 g/mol. The number of hydrogen-bond donors (Lipinski definition) is 1. The fourth-order valence-corrected chi connectivity index (χ4v) is 4.00. The molecule has 0 radical (unpaired) electrons. The molecule has 0 bridgehead atoms. The van der Waals surface area contributed by atoms with Gasteiger partial charge in [-0.25, -0.2) is 4.98 Å². The van der Waals surface area contributed by atoms with Crippen LogP contribution in [0.1, 0.15) is 30.1 Å². The van der Waals surface area contributed by atoms with Gasteiger partial charge in [0.05, 0.1) is 30.1 Å². The number of aromatic nitrogens is 3. The Morgan fingerprint density at radius 3 is 2.47 bits per heavy atom. The molecule has 0 atom stereocenters. The third-order valence-corrected chi connectivity index (χ3v) is 5.82. The van der Waals surface area contributed by atoms with Gasteiger partial charge in [0.2, 0.25) is 4.96 Å². The van der Waals surface area contributed by atoms with Crippen molar-refractivity contribution < 1.29 is 22.6 Å². The Bertz CT molecular complexity index is 1350. The number of fused-ring (bicyclic) bond motifs is 1. The lowest BCUT2D eigenvalue weighted by Gasteiger charge is -2.16. The fraction of sp³-hybridized carbons (Fsp3) is 0.261. The van der Waals surface area contributed by atoms with Gasteiger partial charge in [0.15, 0.2) is 5.75 Å². The van der Waals surface area contributed by atoms with Crippen LogP contribution in [0.25, 0.3) is 4.96 Å². The fourth-order valence-electron chi connectivity index (χ4n) is 3.15. The van der Waals surface area contributed by atoms with Crippen LogP contribution >= 0.6 is 11.3 Å². The highest BCUT2D eigenvalue weighted by atomic mass is 32.1. The first kappa shape index (κ1) is 23.6. The molecule has 4 aromatic rings. The van der Waals surface area contributed by atoms with Crippen LogP contribution in [-0.4, -0.2) is 21.2 Å². The molecule has 0 aliphatic heterocycles. The summed E-state index contributed by atoms with van der Waals surface area (Å²) in [5.74, 6) is 1.28. The minimum atomic E-state index is -4.52. The van der Waals surface area contributed by atoms with Crippen molar-refractivity contribution in [3.05, 3.63) is 75.1 Å². The summed E-state index contributed by atoms with van der Waals surface area (Å²) >= 11 is 1.29. The normalized spacial score (nSPS) is 11.6. The predicted octanol–water partition coefficient (Wildman–Crippen LogP) is 5.54. The van der Waals surface area contributed by atoms with Crippen LogP contribution in [0.2, 0.25) is 0 Å². The molecule has 2 aromatic carbocycles. The van der Waals surface area contributed by atoms with E-state index < -0.39 is 11.7 Å². The molecule has 2 heterocycles. The van der Waals surface area contributed by atoms with Gasteiger partial charge in [-0.2, -0.15) is 22.8 Å². The van der Waals surface area contributed by atoms with Crippen LogP contribution in [0.3, 0.4) is 0 Å². The van der Waals surface area contributed by atoms with Gasteiger partial charge in [-0.15, -0.1) is 0 Å². The Labute approximate surface area is 196 Å². The maximum atomic E-state index is 13.3. The van der Waals surface area contributed by atoms with Gasteiger partial charge >= 0.3 is 6.18 Å². The molecule has 0 saturated carbocycles. The minimum absolute atomic E-state index is 0.0199. The molecule has 178 valence electrons. The summed E-state index contributed by atoms with van der Waals surface area (Å²) in [6, 6.07) is 11.2. The lowest BCUT2D eigenvalue weighted by atomic mass is 10.1. The predicted molar refractivity (Wildman–Crippen MR) is 123 cm³/mol. The summed E-state index contributed by atoms with van der Waals surface area (Å²) < 4.78 is 52.4. The third kappa shape index (κ3) is 5.30. The maximum absolute atomic E-state index is 13.3. The molecule has 0 amide bonds. The number of benzene rings is 2. The number of alkyl halides is 3. The van der Waals surface area contributed by atoms with E-state index in [0.717, 1.165) is 17.1 Å². The summed E-state index contributed by atoms with van der Waals surface area (Å²) in [7, 11) is 0. The largest absolute Gasteiger partial charge is 0.494 e. The SMILES string of the molecule is CCOc1ccc(Oc2ccc(C(F)(F)F)cc2NCc2cc(=O)n3nc(CC)sc3n2)cc1. The molecule has 4 rings (SSSR count). The monoisotopic (exact) mass is 490 g/mol. The molecular weight excluding hydrogens is 469 g/mol. The molecule has 1 N–H and O–H groups in total. The molecule has 0 saturated heterocycles. The standard InChI is InChI=1S/C23H21F3N4O3S/c1-3-20-29-30-21(31)12-15(28-22(30)34-20)13-27-18-11-14(23(24,25)26)5-10-19(18)33-17-8-6-16(7-9-17)32-4-2/h5-12,27H,3-4,13H2,1-2H3. The van der Waals surface area contributed by atoms with E-state index in [-0.39, 0.29) is 23.5 Å². The van der Waals surface area contributed by atoms with Crippen LogP contribution < -0.4 is 20.3 Å². The second kappa shape index (κ2) is 9.72. The average Bonchev–Trinajstić information content (AvgIpc) is 3.23. The quantitative estimate of drug-likeness (QED) is 0.350. The highest BCUT2D eigenvalue weighted by Crippen LogP contribution is 2.37. The molecule has 0 fully saturated rings. The van der Waals surface area contributed by atoms with E-state index in [1.807, 2.05) is 13.8 Å². The van der Waals surface area contributed by atoms with Crippen molar-refractivity contribution in [2.45, 2.75) is 33.0 Å². The molecule has 0 aliphatic carbocycles. The van der Waals surface area contributed by atoms with E-state index >= 15 is 0 Å². The smallest absolute Gasteiger partial charge is 0.416 e. The summed E-state index contributed by atoms with van der Waals surface area (Å²) in [4.78, 5) is 17.2. The summed E-state index contributed by atoms with van der Waals surface area (Å²) in [6.07, 6.45) is -3.86. The highest BCUT2D eigenvalue weighted by molar-refractivity contribution is 7.16. The second-order valence-corrected chi connectivity index (χ2v) is 8.24. The molecule has 0 aliphatic rings. The molecular formula is C23H21F3N4O3S. The van der Waals surface area contributed by atoms with Crippen molar-refractivity contribution in [3.8, 4) is 17.2 Å². The van der Waals surface area contributed by atoms with Gasteiger partial charge in [-0.1, -0.05) is 18.3 Å². The van der Waals surface area contributed by atoms with Crippen molar-refractivity contribution in [2.75, 3.05) is 11.9 Å². The molecule has 34 heavy (non-hydrogen) atoms. The number of nitrogens with zero attached hydrogens (tertiary/aromatic N) is 3. The molecule has 7 nitrogen and oxygen atoms in total. The zero-order chi connectivity index (χ0) is 24.3. The number of anilines is 1. The second-order valence-electron chi connectivity index (χ2n) is 7.20. The third-order valence-electron chi connectivity index (χ3n) is 4.77. The highest BCUT2D eigenvalue weighted by Gasteiger charge is 2.31. The van der Waals surface area contributed by atoms with Crippen LogP contribution in [0, 0.1) is 0 Å². The Balaban J connectivity index is 1.61. The minimum Gasteiger partial charge on any atom is -0.494 e. The zero-order valence-electron chi connectivity index (χ0n) is 18.3. The number of aryl methyl sites for hydroxylation is 1. The molecule has 0 unspecified atom stereocenters. The van der Waals surface area contributed by atoms with Crippen LogP contribution in [-0.2, 0) is 19.1 Å². The first-order valence-electron chi connectivity index (χ1n) is 10.5. The lowest BCUT2D eigenvalue weighted by molar-refractivity contribution is -0.137. The first-order valence-corrected chi connectivity index (χ1v) is 11.3. The van der Waals surface area contributed by atoms with Gasteiger partial charge in [-0.05, 0) is 55.8 Å². The topological polar surface area (TPSA) is 77.8 Å². The molecule has 2 aromatic heterocycles. The summed E-state index contributed by atoms with van der Waals surface area (Å²) in [5.41, 5.74) is -0.690. The van der Waals surface area contributed by atoms with Gasteiger partial charge in [0.1, 0.15) is 16.5 Å². The summed E-state index contributed by atoms with van der Waals surface area (Å²) in [6.45, 7) is 4.32. The van der Waals surface area contributed by atoms with Crippen LogP contribution in [0.15, 0.2) is 53.3 Å². The van der Waals surface area contributed by atoms with E-state index in [1.54, 1.807) is 24.3 Å². The molecule has 11 heteroatoms. The van der Waals surface area contributed by atoms with Crippen LogP contribution in [0.5, 0.6) is 17.2 Å². The summed E-state index contributed by atoms with van der Waals surface area (Å²) in [5, 5.41) is 7.89. The van der Waals surface area contributed by atoms with Gasteiger partial charge in [0, 0.05) is 6.07 Å². The lowest BCUT2D eigenvalue weighted by Crippen LogP contribution is -2.17. The Kier molecular flexibility index (Phi) is 6.73. The zero-order valence-corrected chi connectivity index (χ0v) is 19.2.